The monoisotopic (exact) mass is 575 g/mol. The number of nitrogen functional groups attached to an aromatic ring is 1. The Bertz CT molecular complexity index is 1950. The van der Waals surface area contributed by atoms with Gasteiger partial charge in [0, 0.05) is 17.1 Å². The molecule has 0 fully saturated rings. The molecule has 0 radical (unpaired) electrons. The van der Waals surface area contributed by atoms with Gasteiger partial charge in [-0.25, -0.2) is 24.0 Å². The Hall–Kier alpha value is -4.35. The lowest BCUT2D eigenvalue weighted by Crippen LogP contribution is -2.20. The molecular weight excluding hydrogens is 553 g/mol. The number of pyridine rings is 2. The van der Waals surface area contributed by atoms with Gasteiger partial charge in [0.2, 0.25) is 0 Å². The van der Waals surface area contributed by atoms with Crippen molar-refractivity contribution < 1.29 is 9.13 Å². The average molecular weight is 576 g/mol. The molecular formula is C28H23ClFN7O2S. The Balaban J connectivity index is 1.58. The topological polar surface area (TPSA) is 113 Å². The van der Waals surface area contributed by atoms with Crippen molar-refractivity contribution in [1.29, 1.82) is 0 Å². The van der Waals surface area contributed by atoms with E-state index in [1.807, 2.05) is 43.3 Å². The van der Waals surface area contributed by atoms with Crippen LogP contribution in [-0.2, 0) is 0 Å². The van der Waals surface area contributed by atoms with Crippen LogP contribution in [-0.4, -0.2) is 35.2 Å². The fraction of sp³-hybridized carbons (Fsp3) is 0.179. The number of nitrogens with zero attached hydrogens (tertiary/aromatic N) is 6. The van der Waals surface area contributed by atoms with E-state index in [0.717, 1.165) is 5.56 Å². The van der Waals surface area contributed by atoms with Gasteiger partial charge in [-0.15, -0.1) is 11.3 Å². The van der Waals surface area contributed by atoms with Gasteiger partial charge in [-0.05, 0) is 44.0 Å². The number of rotatable bonds is 6. The molecule has 2 N–H and O–H groups in total. The summed E-state index contributed by atoms with van der Waals surface area (Å²) in [5.41, 5.74) is 9.17. The molecule has 6 rings (SSSR count). The van der Waals surface area contributed by atoms with Crippen LogP contribution in [0.4, 0.5) is 10.2 Å². The van der Waals surface area contributed by atoms with Crippen molar-refractivity contribution in [2.75, 3.05) is 5.73 Å². The maximum absolute atomic E-state index is 14.9. The van der Waals surface area contributed by atoms with Crippen LogP contribution in [0.1, 0.15) is 32.4 Å². The molecule has 0 amide bonds. The molecule has 1 aromatic carbocycles. The second-order valence-corrected chi connectivity index (χ2v) is 10.8. The molecule has 0 unspecified atom stereocenters. The molecule has 0 saturated carbocycles. The number of halogens is 2. The molecule has 5 aromatic heterocycles. The summed E-state index contributed by atoms with van der Waals surface area (Å²) in [7, 11) is 0. The number of anilines is 1. The second kappa shape index (κ2) is 10.00. The van der Waals surface area contributed by atoms with E-state index < -0.39 is 11.9 Å². The summed E-state index contributed by atoms with van der Waals surface area (Å²) >= 11 is 7.75. The molecule has 6 aromatic rings. The molecule has 0 aliphatic heterocycles. The summed E-state index contributed by atoms with van der Waals surface area (Å²) in [5.74, 6) is -0.544. The quantitative estimate of drug-likeness (QED) is 0.259. The van der Waals surface area contributed by atoms with Crippen molar-refractivity contribution in [2.24, 2.45) is 0 Å². The third-order valence-electron chi connectivity index (χ3n) is 6.52. The summed E-state index contributed by atoms with van der Waals surface area (Å²) < 4.78 is 23.5. The zero-order valence-corrected chi connectivity index (χ0v) is 23.2. The van der Waals surface area contributed by atoms with Crippen molar-refractivity contribution in [2.45, 2.75) is 32.9 Å². The Labute approximate surface area is 236 Å². The normalized spacial score (nSPS) is 12.4. The zero-order chi connectivity index (χ0) is 28.1. The van der Waals surface area contributed by atoms with Crippen molar-refractivity contribution in [1.82, 2.24) is 29.1 Å². The molecule has 0 saturated heterocycles. The minimum Gasteiger partial charge on any atom is -0.473 e. The average Bonchev–Trinajstić information content (AvgIpc) is 3.51. The fourth-order valence-corrected chi connectivity index (χ4v) is 5.90. The van der Waals surface area contributed by atoms with Gasteiger partial charge in [0.25, 0.3) is 11.4 Å². The number of nitrogens with two attached hydrogens (primary N) is 1. The van der Waals surface area contributed by atoms with E-state index >= 15 is 0 Å². The predicted octanol–water partition coefficient (Wildman–Crippen LogP) is 6.00. The van der Waals surface area contributed by atoms with Gasteiger partial charge in [-0.3, -0.25) is 9.20 Å². The molecule has 12 heteroatoms. The van der Waals surface area contributed by atoms with Crippen LogP contribution in [0.2, 0.25) is 5.15 Å². The number of benzene rings is 1. The number of hydrogen-bond donors (Lipinski definition) is 1. The van der Waals surface area contributed by atoms with Crippen LogP contribution in [0.3, 0.4) is 0 Å². The first kappa shape index (κ1) is 25.9. The molecule has 0 aliphatic rings. The summed E-state index contributed by atoms with van der Waals surface area (Å²) in [6.45, 7) is 5.50. The third kappa shape index (κ3) is 4.27. The van der Waals surface area contributed by atoms with E-state index in [2.05, 4.69) is 15.0 Å². The van der Waals surface area contributed by atoms with Crippen molar-refractivity contribution in [3.63, 3.8) is 0 Å². The van der Waals surface area contributed by atoms with Gasteiger partial charge in [0.15, 0.2) is 11.5 Å². The van der Waals surface area contributed by atoms with Crippen molar-refractivity contribution in [3.05, 3.63) is 87.3 Å². The van der Waals surface area contributed by atoms with Crippen LogP contribution in [0, 0.1) is 5.82 Å². The molecule has 1 atom stereocenters. The Kier molecular flexibility index (Phi) is 6.47. The van der Waals surface area contributed by atoms with Gasteiger partial charge in [0.1, 0.15) is 27.8 Å². The van der Waals surface area contributed by atoms with E-state index in [9.17, 15) is 9.18 Å². The minimum absolute atomic E-state index is 0.101. The van der Waals surface area contributed by atoms with Gasteiger partial charge in [0.05, 0.1) is 23.1 Å². The van der Waals surface area contributed by atoms with E-state index in [1.165, 1.54) is 34.3 Å². The maximum atomic E-state index is 14.9. The first-order valence-electron chi connectivity index (χ1n) is 12.4. The largest absolute Gasteiger partial charge is 0.473 e. The highest BCUT2D eigenvalue weighted by Crippen LogP contribution is 2.37. The van der Waals surface area contributed by atoms with Crippen LogP contribution < -0.4 is 16.0 Å². The first-order valence-corrected chi connectivity index (χ1v) is 13.7. The van der Waals surface area contributed by atoms with Gasteiger partial charge in [-0.2, -0.15) is 5.10 Å². The van der Waals surface area contributed by atoms with Crippen molar-refractivity contribution in [3.8, 4) is 28.3 Å². The lowest BCUT2D eigenvalue weighted by molar-refractivity contribution is 0.221. The Morgan fingerprint density at radius 2 is 1.85 bits per heavy atom. The molecule has 9 nitrogen and oxygen atoms in total. The maximum Gasteiger partial charge on any atom is 0.265 e. The van der Waals surface area contributed by atoms with Crippen molar-refractivity contribution >= 4 is 44.6 Å². The summed E-state index contributed by atoms with van der Waals surface area (Å²) in [6.07, 6.45) is 2.59. The number of hydrogen-bond acceptors (Lipinski definition) is 8. The van der Waals surface area contributed by atoms with Gasteiger partial charge in [-0.1, -0.05) is 41.9 Å². The first-order chi connectivity index (χ1) is 19.2. The van der Waals surface area contributed by atoms with E-state index in [0.29, 0.717) is 43.4 Å². The Morgan fingerprint density at radius 3 is 2.58 bits per heavy atom. The van der Waals surface area contributed by atoms with Crippen LogP contribution in [0.25, 0.3) is 38.2 Å². The molecule has 0 bridgehead atoms. The highest BCUT2D eigenvalue weighted by atomic mass is 35.5. The van der Waals surface area contributed by atoms with E-state index in [-0.39, 0.29) is 23.4 Å². The second-order valence-electron chi connectivity index (χ2n) is 9.48. The highest BCUT2D eigenvalue weighted by Gasteiger charge is 2.26. The molecule has 40 heavy (non-hydrogen) atoms. The lowest BCUT2D eigenvalue weighted by Gasteiger charge is -2.18. The SMILES string of the molecule is CC(C)Oc1ncc(-c2nn([C@H](C)c3cc4scc(Cl)n4c(=O)c3-c3ccccc3)c3ncnc(N)c23)cc1F. The van der Waals surface area contributed by atoms with Gasteiger partial charge >= 0.3 is 0 Å². The van der Waals surface area contributed by atoms with E-state index in [1.54, 1.807) is 23.9 Å². The van der Waals surface area contributed by atoms with Crippen LogP contribution in [0.15, 0.2) is 65.2 Å². The lowest BCUT2D eigenvalue weighted by atomic mass is 9.97. The van der Waals surface area contributed by atoms with E-state index in [4.69, 9.17) is 27.2 Å². The minimum atomic E-state index is -0.628. The fourth-order valence-electron chi connectivity index (χ4n) is 4.74. The molecule has 202 valence electrons. The van der Waals surface area contributed by atoms with Gasteiger partial charge < -0.3 is 10.5 Å². The summed E-state index contributed by atoms with van der Waals surface area (Å²) in [4.78, 5) is 27.3. The number of thiazole rings is 1. The molecule has 0 spiro atoms. The smallest absolute Gasteiger partial charge is 0.265 e. The zero-order valence-electron chi connectivity index (χ0n) is 21.7. The summed E-state index contributed by atoms with van der Waals surface area (Å²) in [5, 5.41) is 7.35. The number of fused-ring (bicyclic) bond motifs is 2. The van der Waals surface area contributed by atoms with Crippen LogP contribution in [0.5, 0.6) is 5.88 Å². The third-order valence-corrected chi connectivity index (χ3v) is 7.81. The summed E-state index contributed by atoms with van der Waals surface area (Å²) in [6, 6.07) is 12.1. The highest BCUT2D eigenvalue weighted by molar-refractivity contribution is 7.16. The molecule has 5 heterocycles. The number of aromatic nitrogens is 6. The van der Waals surface area contributed by atoms with Crippen LogP contribution >= 0.6 is 22.9 Å². The predicted molar refractivity (Wildman–Crippen MR) is 154 cm³/mol. The standard InChI is InChI=1S/C28H23ClFN7O2S/c1-14(2)39-27-19(30)9-17(11-32-27)24-23-25(31)33-13-34-26(23)37(35-24)15(3)18-10-21-36(20(29)12-40-21)28(38)22(18)16-7-5-4-6-8-16/h4-15H,1-3H3,(H2,31,33,34)/t15-/m1/s1. The Morgan fingerprint density at radius 1 is 1.07 bits per heavy atom. The number of ether oxygens (including phenoxy) is 1. The molecule has 0 aliphatic carbocycles.